The summed E-state index contributed by atoms with van der Waals surface area (Å²) in [4.78, 5) is 15.1. The normalized spacial score (nSPS) is 10.7. The molecule has 0 saturated carbocycles. The van der Waals surface area contributed by atoms with Crippen LogP contribution >= 0.6 is 24.8 Å². The fourth-order valence-corrected chi connectivity index (χ4v) is 1.27. The zero-order valence-electron chi connectivity index (χ0n) is 9.67. The molecule has 0 radical (unpaired) electrons. The maximum absolute atomic E-state index is 11.1. The first kappa shape index (κ1) is 18.5. The Morgan fingerprint density at radius 1 is 1.53 bits per heavy atom. The van der Waals surface area contributed by atoms with E-state index in [0.29, 0.717) is 19.4 Å². The number of hydrogen-bond acceptors (Lipinski definition) is 4. The fraction of sp³-hybridized carbons (Fsp3) is 0.455. The van der Waals surface area contributed by atoms with Crippen LogP contribution in [0, 0.1) is 0 Å². The Balaban J connectivity index is 0. The van der Waals surface area contributed by atoms with Gasteiger partial charge in [0, 0.05) is 24.9 Å². The lowest BCUT2D eigenvalue weighted by atomic mass is 10.1. The van der Waals surface area contributed by atoms with Gasteiger partial charge in [-0.1, -0.05) is 6.07 Å². The van der Waals surface area contributed by atoms with E-state index in [1.54, 1.807) is 19.3 Å². The number of esters is 1. The summed E-state index contributed by atoms with van der Waals surface area (Å²) in [6, 6.07) is 3.59. The summed E-state index contributed by atoms with van der Waals surface area (Å²) in [5.74, 6) is -0.197. The molecule has 1 rings (SSSR count). The minimum absolute atomic E-state index is 0. The maximum Gasteiger partial charge on any atom is 0.305 e. The van der Waals surface area contributed by atoms with E-state index in [-0.39, 0.29) is 36.8 Å². The molecular weight excluding hydrogens is 263 g/mol. The molecule has 4 nitrogen and oxygen atoms in total. The van der Waals surface area contributed by atoms with E-state index >= 15 is 0 Å². The van der Waals surface area contributed by atoms with E-state index in [1.165, 1.54) is 0 Å². The molecule has 1 unspecified atom stereocenters. The van der Waals surface area contributed by atoms with Crippen molar-refractivity contribution in [1.29, 1.82) is 0 Å². The van der Waals surface area contributed by atoms with Crippen molar-refractivity contribution in [1.82, 2.24) is 4.98 Å². The topological polar surface area (TPSA) is 65.2 Å². The van der Waals surface area contributed by atoms with Gasteiger partial charge in [-0.15, -0.1) is 24.8 Å². The predicted octanol–water partition coefficient (Wildman–Crippen LogP) is 2.27. The third-order valence-corrected chi connectivity index (χ3v) is 2.08. The third kappa shape index (κ3) is 7.15. The highest BCUT2D eigenvalue weighted by Crippen LogP contribution is 2.14. The van der Waals surface area contributed by atoms with Crippen molar-refractivity contribution in [3.05, 3.63) is 30.1 Å². The second-order valence-corrected chi connectivity index (χ2v) is 3.24. The van der Waals surface area contributed by atoms with E-state index in [1.807, 2.05) is 12.1 Å². The zero-order chi connectivity index (χ0) is 11.1. The lowest BCUT2D eigenvalue weighted by Crippen LogP contribution is -2.13. The van der Waals surface area contributed by atoms with Crippen molar-refractivity contribution in [2.45, 2.75) is 25.8 Å². The van der Waals surface area contributed by atoms with Gasteiger partial charge in [0.2, 0.25) is 0 Å². The van der Waals surface area contributed by atoms with Crippen molar-refractivity contribution in [2.24, 2.45) is 5.73 Å². The average molecular weight is 281 g/mol. The van der Waals surface area contributed by atoms with E-state index in [2.05, 4.69) is 4.98 Å². The lowest BCUT2D eigenvalue weighted by molar-refractivity contribution is -0.143. The number of aromatic nitrogens is 1. The first-order valence-electron chi connectivity index (χ1n) is 5.05. The molecule has 17 heavy (non-hydrogen) atoms. The van der Waals surface area contributed by atoms with Crippen LogP contribution in [0.1, 0.15) is 31.4 Å². The Morgan fingerprint density at radius 2 is 2.24 bits per heavy atom. The van der Waals surface area contributed by atoms with E-state index in [4.69, 9.17) is 10.5 Å². The first-order chi connectivity index (χ1) is 7.24. The molecule has 0 fully saturated rings. The van der Waals surface area contributed by atoms with Crippen LogP contribution < -0.4 is 5.73 Å². The number of rotatable bonds is 5. The number of pyridine rings is 1. The largest absolute Gasteiger partial charge is 0.466 e. The number of nitrogens with zero attached hydrogens (tertiary/aromatic N) is 1. The molecule has 0 aliphatic carbocycles. The molecule has 98 valence electrons. The Kier molecular flexibility index (Phi) is 11.2. The second kappa shape index (κ2) is 10.3. The molecule has 0 saturated heterocycles. The van der Waals surface area contributed by atoms with Crippen LogP contribution in [-0.4, -0.2) is 17.6 Å². The van der Waals surface area contributed by atoms with Gasteiger partial charge in [-0.05, 0) is 25.0 Å². The number of ether oxygens (including phenoxy) is 1. The first-order valence-corrected chi connectivity index (χ1v) is 5.05. The van der Waals surface area contributed by atoms with Gasteiger partial charge in [0.1, 0.15) is 0 Å². The van der Waals surface area contributed by atoms with Crippen LogP contribution in [0.5, 0.6) is 0 Å². The van der Waals surface area contributed by atoms with E-state index < -0.39 is 0 Å². The maximum atomic E-state index is 11.1. The summed E-state index contributed by atoms with van der Waals surface area (Å²) in [6.45, 7) is 2.21. The molecule has 0 spiro atoms. The summed E-state index contributed by atoms with van der Waals surface area (Å²) in [7, 11) is 0. The van der Waals surface area contributed by atoms with Gasteiger partial charge < -0.3 is 10.5 Å². The molecule has 0 aliphatic heterocycles. The minimum atomic E-state index is -0.197. The van der Waals surface area contributed by atoms with Crippen LogP contribution in [0.3, 0.4) is 0 Å². The summed E-state index contributed by atoms with van der Waals surface area (Å²) in [5, 5.41) is 0. The van der Waals surface area contributed by atoms with Crippen molar-refractivity contribution in [3.63, 3.8) is 0 Å². The Hall–Kier alpha value is -0.840. The van der Waals surface area contributed by atoms with Gasteiger partial charge in [-0.25, -0.2) is 0 Å². The molecule has 1 heterocycles. The minimum Gasteiger partial charge on any atom is -0.466 e. The highest BCUT2D eigenvalue weighted by molar-refractivity contribution is 5.85. The Bertz CT molecular complexity index is 310. The molecule has 0 aromatic carbocycles. The zero-order valence-corrected chi connectivity index (χ0v) is 11.3. The second-order valence-electron chi connectivity index (χ2n) is 3.24. The van der Waals surface area contributed by atoms with Crippen LogP contribution in [0.15, 0.2) is 24.5 Å². The summed E-state index contributed by atoms with van der Waals surface area (Å²) in [6.07, 6.45) is 4.35. The highest BCUT2D eigenvalue weighted by atomic mass is 35.5. The van der Waals surface area contributed by atoms with Crippen LogP contribution in [0.4, 0.5) is 0 Å². The van der Waals surface area contributed by atoms with Crippen molar-refractivity contribution in [3.8, 4) is 0 Å². The van der Waals surface area contributed by atoms with Gasteiger partial charge in [0.15, 0.2) is 0 Å². The van der Waals surface area contributed by atoms with Gasteiger partial charge in [0.05, 0.1) is 6.61 Å². The van der Waals surface area contributed by atoms with Gasteiger partial charge in [0.25, 0.3) is 0 Å². The summed E-state index contributed by atoms with van der Waals surface area (Å²) < 4.78 is 4.82. The molecule has 6 heteroatoms. The number of carbonyl (C=O) groups excluding carboxylic acids is 1. The number of halogens is 2. The van der Waals surface area contributed by atoms with Crippen molar-refractivity contribution in [2.75, 3.05) is 6.61 Å². The van der Waals surface area contributed by atoms with Crippen molar-refractivity contribution < 1.29 is 9.53 Å². The Morgan fingerprint density at radius 3 is 2.76 bits per heavy atom. The van der Waals surface area contributed by atoms with Gasteiger partial charge in [-0.2, -0.15) is 0 Å². The van der Waals surface area contributed by atoms with Gasteiger partial charge >= 0.3 is 5.97 Å². The summed E-state index contributed by atoms with van der Waals surface area (Å²) in [5.41, 5.74) is 6.84. The quantitative estimate of drug-likeness (QED) is 0.841. The molecule has 1 aromatic rings. The monoisotopic (exact) mass is 280 g/mol. The molecule has 0 bridgehead atoms. The number of hydrogen-bond donors (Lipinski definition) is 1. The number of nitrogens with two attached hydrogens (primary N) is 1. The van der Waals surface area contributed by atoms with Crippen LogP contribution in [0.2, 0.25) is 0 Å². The molecule has 0 amide bonds. The molecule has 2 N–H and O–H groups in total. The average Bonchev–Trinajstić information content (AvgIpc) is 2.27. The fourth-order valence-electron chi connectivity index (χ4n) is 1.27. The smallest absolute Gasteiger partial charge is 0.305 e. The summed E-state index contributed by atoms with van der Waals surface area (Å²) >= 11 is 0. The van der Waals surface area contributed by atoms with Crippen LogP contribution in [0.25, 0.3) is 0 Å². The van der Waals surface area contributed by atoms with E-state index in [0.717, 1.165) is 5.56 Å². The standard InChI is InChI=1S/C11H16N2O2.2ClH/c1-2-15-11(14)6-5-10(12)9-4-3-7-13-8-9;;/h3-4,7-8,10H,2,5-6,12H2,1H3;2*1H. The molecule has 1 aromatic heterocycles. The Labute approximate surface area is 114 Å². The highest BCUT2D eigenvalue weighted by Gasteiger charge is 2.09. The van der Waals surface area contributed by atoms with Crippen molar-refractivity contribution >= 4 is 30.8 Å². The SMILES string of the molecule is CCOC(=O)CCC(N)c1cccnc1.Cl.Cl. The van der Waals surface area contributed by atoms with Crippen LogP contribution in [-0.2, 0) is 9.53 Å². The van der Waals surface area contributed by atoms with Gasteiger partial charge in [-0.3, -0.25) is 9.78 Å². The molecular formula is C11H18Cl2N2O2. The predicted molar refractivity (Wildman–Crippen MR) is 71.5 cm³/mol. The van der Waals surface area contributed by atoms with E-state index in [9.17, 15) is 4.79 Å². The molecule has 0 aliphatic rings. The lowest BCUT2D eigenvalue weighted by Gasteiger charge is -2.10. The molecule has 1 atom stereocenters. The third-order valence-electron chi connectivity index (χ3n) is 2.08. The number of carbonyl (C=O) groups is 1.